The molecule has 1 amide bonds. The number of amidine groups is 1. The van der Waals surface area contributed by atoms with Crippen LogP contribution in [-0.4, -0.2) is 30.8 Å². The van der Waals surface area contributed by atoms with Gasteiger partial charge in [-0.3, -0.25) is 20.2 Å². The Morgan fingerprint density at radius 3 is 2.50 bits per heavy atom. The topological polar surface area (TPSA) is 44.7 Å². The van der Waals surface area contributed by atoms with Gasteiger partial charge in [0.05, 0.1) is 0 Å². The van der Waals surface area contributed by atoms with E-state index >= 15 is 0 Å². The molecule has 0 aromatic heterocycles. The van der Waals surface area contributed by atoms with Crippen molar-refractivity contribution in [1.29, 1.82) is 0 Å². The fraction of sp³-hybridized carbons (Fsp3) is 0.750. The lowest BCUT2D eigenvalue weighted by atomic mass is 9.92. The van der Waals surface area contributed by atoms with Crippen LogP contribution in [-0.2, 0) is 4.79 Å². The van der Waals surface area contributed by atoms with Gasteiger partial charge in [0, 0.05) is 25.9 Å². The number of carbonyl (C=O) groups excluding carboxylic acids is 1. The molecule has 68 valence electrons. The van der Waals surface area contributed by atoms with Crippen molar-refractivity contribution in [3.63, 3.8) is 0 Å². The smallest absolute Gasteiger partial charge is 0.244 e. The van der Waals surface area contributed by atoms with Gasteiger partial charge in [-0.05, 0) is 0 Å². The van der Waals surface area contributed by atoms with Crippen LogP contribution in [0.2, 0.25) is 0 Å². The Balaban J connectivity index is 2.85. The summed E-state index contributed by atoms with van der Waals surface area (Å²) in [7, 11) is 3.45. The van der Waals surface area contributed by atoms with Crippen LogP contribution < -0.4 is 5.43 Å². The third kappa shape index (κ3) is 1.29. The maximum Gasteiger partial charge on any atom is 0.244 e. The largest absolute Gasteiger partial charge is 0.283 e. The summed E-state index contributed by atoms with van der Waals surface area (Å²) in [6.45, 7) is 3.93. The van der Waals surface area contributed by atoms with Gasteiger partial charge in [0.2, 0.25) is 5.91 Å². The second kappa shape index (κ2) is 3.13. The van der Waals surface area contributed by atoms with E-state index in [1.165, 1.54) is 5.01 Å². The fourth-order valence-corrected chi connectivity index (χ4v) is 1.34. The quantitative estimate of drug-likeness (QED) is 0.565. The molecular formula is C8H15N3O. The molecule has 1 fully saturated rings. The molecule has 0 radical (unpaired) electrons. The number of amides is 1. The van der Waals surface area contributed by atoms with E-state index in [9.17, 15) is 4.79 Å². The van der Waals surface area contributed by atoms with Gasteiger partial charge in [0.1, 0.15) is 5.84 Å². The summed E-state index contributed by atoms with van der Waals surface area (Å²) in [6, 6.07) is 0. The number of hydrazine groups is 1. The van der Waals surface area contributed by atoms with E-state index in [1.807, 2.05) is 13.8 Å². The lowest BCUT2D eigenvalue weighted by Crippen LogP contribution is -2.55. The molecule has 4 heteroatoms. The Hall–Kier alpha value is -1.06. The second-order valence-corrected chi connectivity index (χ2v) is 3.20. The van der Waals surface area contributed by atoms with Crippen LogP contribution in [0.15, 0.2) is 4.99 Å². The van der Waals surface area contributed by atoms with Gasteiger partial charge in [-0.2, -0.15) is 0 Å². The molecule has 0 saturated carbocycles. The number of carbonyl (C=O) groups is 1. The summed E-state index contributed by atoms with van der Waals surface area (Å²) in [5.74, 6) is 1.22. The van der Waals surface area contributed by atoms with Gasteiger partial charge < -0.3 is 0 Å². The summed E-state index contributed by atoms with van der Waals surface area (Å²) in [4.78, 5) is 15.5. The zero-order chi connectivity index (χ0) is 9.30. The maximum atomic E-state index is 11.4. The summed E-state index contributed by atoms with van der Waals surface area (Å²) in [5, 5.41) is 1.49. The number of nitrogens with zero attached hydrogens (tertiary/aromatic N) is 2. The van der Waals surface area contributed by atoms with Crippen LogP contribution in [0.4, 0.5) is 0 Å². The van der Waals surface area contributed by atoms with E-state index in [0.29, 0.717) is 0 Å². The number of hydrogen-bond donors (Lipinski definition) is 1. The van der Waals surface area contributed by atoms with Gasteiger partial charge in [0.15, 0.2) is 0 Å². The fourth-order valence-electron chi connectivity index (χ4n) is 1.34. The van der Waals surface area contributed by atoms with Crippen molar-refractivity contribution < 1.29 is 4.79 Å². The molecule has 1 saturated heterocycles. The van der Waals surface area contributed by atoms with Gasteiger partial charge in [-0.15, -0.1) is 0 Å². The lowest BCUT2D eigenvalue weighted by molar-refractivity contribution is -0.137. The molecule has 1 aliphatic heterocycles. The van der Waals surface area contributed by atoms with Gasteiger partial charge >= 0.3 is 0 Å². The van der Waals surface area contributed by atoms with E-state index < -0.39 is 0 Å². The van der Waals surface area contributed by atoms with Gasteiger partial charge in [-0.25, -0.2) is 0 Å². The molecule has 12 heavy (non-hydrogen) atoms. The first-order valence-electron chi connectivity index (χ1n) is 4.08. The van der Waals surface area contributed by atoms with Crippen molar-refractivity contribution in [2.45, 2.75) is 13.8 Å². The third-order valence-electron chi connectivity index (χ3n) is 2.42. The van der Waals surface area contributed by atoms with E-state index in [0.717, 1.165) is 5.84 Å². The first kappa shape index (κ1) is 9.03. The standard InChI is InChI=1S/C8H15N3O/c1-5-6(2)8(12)11(4)10-7(5)9-3/h5-6H,1-4H3,(H,9,10). The Kier molecular flexibility index (Phi) is 2.35. The van der Waals surface area contributed by atoms with Crippen LogP contribution in [0.1, 0.15) is 13.8 Å². The van der Waals surface area contributed by atoms with Crippen LogP contribution in [0, 0.1) is 11.8 Å². The number of nitrogens with one attached hydrogen (secondary N) is 1. The molecule has 1 rings (SSSR count). The minimum absolute atomic E-state index is 0.0231. The minimum atomic E-state index is 0.0231. The lowest BCUT2D eigenvalue weighted by Gasteiger charge is -2.34. The Bertz CT molecular complexity index is 224. The average Bonchev–Trinajstić information content (AvgIpc) is 2.08. The van der Waals surface area contributed by atoms with Gasteiger partial charge in [-0.1, -0.05) is 13.8 Å². The van der Waals surface area contributed by atoms with Crippen molar-refractivity contribution in [2.24, 2.45) is 16.8 Å². The molecule has 0 spiro atoms. The maximum absolute atomic E-state index is 11.4. The molecule has 0 bridgehead atoms. The molecule has 2 atom stereocenters. The molecule has 2 unspecified atom stereocenters. The van der Waals surface area contributed by atoms with Crippen LogP contribution in [0.25, 0.3) is 0 Å². The van der Waals surface area contributed by atoms with Crippen molar-refractivity contribution in [2.75, 3.05) is 14.1 Å². The number of hydrogen-bond acceptors (Lipinski definition) is 2. The zero-order valence-corrected chi connectivity index (χ0v) is 7.96. The van der Waals surface area contributed by atoms with Gasteiger partial charge in [0.25, 0.3) is 0 Å². The Labute approximate surface area is 72.6 Å². The van der Waals surface area contributed by atoms with E-state index in [2.05, 4.69) is 10.4 Å². The van der Waals surface area contributed by atoms with Crippen LogP contribution >= 0.6 is 0 Å². The molecule has 1 N–H and O–H groups in total. The van der Waals surface area contributed by atoms with E-state index in [1.54, 1.807) is 14.1 Å². The molecule has 0 aromatic rings. The highest BCUT2D eigenvalue weighted by atomic mass is 16.2. The molecule has 4 nitrogen and oxygen atoms in total. The van der Waals surface area contributed by atoms with E-state index in [4.69, 9.17) is 0 Å². The van der Waals surface area contributed by atoms with Crippen molar-refractivity contribution >= 4 is 11.7 Å². The Morgan fingerprint density at radius 1 is 1.42 bits per heavy atom. The number of rotatable bonds is 0. The van der Waals surface area contributed by atoms with Crippen molar-refractivity contribution in [1.82, 2.24) is 10.4 Å². The third-order valence-corrected chi connectivity index (χ3v) is 2.42. The molecular weight excluding hydrogens is 154 g/mol. The number of aliphatic imine (C=N–C) groups is 1. The summed E-state index contributed by atoms with van der Waals surface area (Å²) < 4.78 is 0. The minimum Gasteiger partial charge on any atom is -0.283 e. The van der Waals surface area contributed by atoms with E-state index in [-0.39, 0.29) is 17.7 Å². The average molecular weight is 169 g/mol. The predicted octanol–water partition coefficient (Wildman–Crippen LogP) is 0.263. The summed E-state index contributed by atoms with van der Waals surface area (Å²) >= 11 is 0. The monoisotopic (exact) mass is 169 g/mol. The Morgan fingerprint density at radius 2 is 2.00 bits per heavy atom. The second-order valence-electron chi connectivity index (χ2n) is 3.20. The highest BCUT2D eigenvalue weighted by Crippen LogP contribution is 2.18. The molecule has 0 aliphatic carbocycles. The molecule has 1 heterocycles. The van der Waals surface area contributed by atoms with Crippen LogP contribution in [0.5, 0.6) is 0 Å². The summed E-state index contributed by atoms with van der Waals surface area (Å²) in [5.41, 5.74) is 2.93. The van der Waals surface area contributed by atoms with Crippen molar-refractivity contribution in [3.8, 4) is 0 Å². The normalized spacial score (nSPS) is 33.8. The van der Waals surface area contributed by atoms with Crippen LogP contribution in [0.3, 0.4) is 0 Å². The first-order chi connectivity index (χ1) is 5.57. The highest BCUT2D eigenvalue weighted by Gasteiger charge is 2.32. The highest BCUT2D eigenvalue weighted by molar-refractivity contribution is 5.95. The molecule has 0 aromatic carbocycles. The zero-order valence-electron chi connectivity index (χ0n) is 7.96. The predicted molar refractivity (Wildman–Crippen MR) is 47.6 cm³/mol. The molecule has 1 aliphatic rings. The van der Waals surface area contributed by atoms with Crippen molar-refractivity contribution in [3.05, 3.63) is 0 Å². The first-order valence-corrected chi connectivity index (χ1v) is 4.08. The SMILES string of the molecule is CN=C1NN(C)C(=O)C(C)C1C. The summed E-state index contributed by atoms with van der Waals surface area (Å²) in [6.07, 6.45) is 0.